The van der Waals surface area contributed by atoms with Crippen molar-refractivity contribution in [2.24, 2.45) is 5.41 Å². The first-order valence-electron chi connectivity index (χ1n) is 7.96. The normalized spacial score (nSPS) is 36.1. The highest BCUT2D eigenvalue weighted by Gasteiger charge is 2.45. The Morgan fingerprint density at radius 3 is 2.76 bits per heavy atom. The third kappa shape index (κ3) is 3.11. The van der Waals surface area contributed by atoms with Gasteiger partial charge in [0.25, 0.3) is 0 Å². The van der Waals surface area contributed by atoms with Crippen molar-refractivity contribution in [2.45, 2.75) is 70.7 Å². The van der Waals surface area contributed by atoms with Crippen LogP contribution in [0.5, 0.6) is 0 Å². The number of hydrogen-bond donors (Lipinski definition) is 0. The highest BCUT2D eigenvalue weighted by Crippen LogP contribution is 2.49. The number of ether oxygens (including phenoxy) is 2. The molecule has 0 amide bonds. The fraction of sp³-hybridized carbons (Fsp3) is 0.765. The average molecular weight is 292 g/mol. The van der Waals surface area contributed by atoms with Crippen LogP contribution >= 0.6 is 0 Å². The highest BCUT2D eigenvalue weighted by molar-refractivity contribution is 5.92. The molecule has 3 aliphatic rings. The van der Waals surface area contributed by atoms with E-state index in [9.17, 15) is 9.59 Å². The van der Waals surface area contributed by atoms with Crippen LogP contribution in [0, 0.1) is 5.41 Å². The van der Waals surface area contributed by atoms with Crippen LogP contribution in [0.15, 0.2) is 11.6 Å². The van der Waals surface area contributed by atoms with E-state index >= 15 is 0 Å². The summed E-state index contributed by atoms with van der Waals surface area (Å²) in [6.45, 7) is 4.41. The maximum Gasteiger partial charge on any atom is 0.163 e. The SMILES string of the molecule is CC1(C)OC[C@H](C[C@@]23CCC(=O)C=C2CCCC(=O)C3)O1. The van der Waals surface area contributed by atoms with Gasteiger partial charge in [0, 0.05) is 24.7 Å². The number of fused-ring (bicyclic) bond motifs is 1. The predicted octanol–water partition coefficient (Wildman–Crippen LogP) is 2.95. The number of allylic oxidation sites excluding steroid dienone is 2. The monoisotopic (exact) mass is 292 g/mol. The van der Waals surface area contributed by atoms with Crippen LogP contribution in [0.1, 0.15) is 58.8 Å². The van der Waals surface area contributed by atoms with Gasteiger partial charge in [-0.05, 0) is 45.6 Å². The average Bonchev–Trinajstić information content (AvgIpc) is 2.63. The fourth-order valence-electron chi connectivity index (χ4n) is 4.03. The summed E-state index contributed by atoms with van der Waals surface area (Å²) in [5, 5.41) is 0. The fourth-order valence-corrected chi connectivity index (χ4v) is 4.03. The largest absolute Gasteiger partial charge is 0.348 e. The number of carbonyl (C=O) groups is 2. The summed E-state index contributed by atoms with van der Waals surface area (Å²) in [6, 6.07) is 0. The molecule has 2 atom stereocenters. The second-order valence-electron chi connectivity index (χ2n) is 7.14. The molecule has 21 heavy (non-hydrogen) atoms. The molecular formula is C17H24O4. The molecule has 0 aromatic heterocycles. The van der Waals surface area contributed by atoms with Gasteiger partial charge in [-0.1, -0.05) is 5.57 Å². The van der Waals surface area contributed by atoms with Gasteiger partial charge in [-0.25, -0.2) is 0 Å². The van der Waals surface area contributed by atoms with Crippen LogP contribution in [0.4, 0.5) is 0 Å². The van der Waals surface area contributed by atoms with Gasteiger partial charge in [-0.15, -0.1) is 0 Å². The molecule has 0 spiro atoms. The van der Waals surface area contributed by atoms with E-state index in [1.54, 1.807) is 0 Å². The lowest BCUT2D eigenvalue weighted by Crippen LogP contribution is -2.35. The molecule has 2 fully saturated rings. The number of carbonyl (C=O) groups excluding carboxylic acids is 2. The minimum Gasteiger partial charge on any atom is -0.348 e. The molecule has 2 aliphatic carbocycles. The van der Waals surface area contributed by atoms with Gasteiger partial charge < -0.3 is 9.47 Å². The van der Waals surface area contributed by atoms with Gasteiger partial charge in [0.2, 0.25) is 0 Å². The molecule has 1 heterocycles. The minimum atomic E-state index is -0.537. The lowest BCUT2D eigenvalue weighted by molar-refractivity contribution is -0.142. The predicted molar refractivity (Wildman–Crippen MR) is 77.8 cm³/mol. The summed E-state index contributed by atoms with van der Waals surface area (Å²) < 4.78 is 11.6. The molecule has 1 saturated heterocycles. The second kappa shape index (κ2) is 5.33. The Morgan fingerprint density at radius 1 is 1.24 bits per heavy atom. The van der Waals surface area contributed by atoms with Crippen molar-refractivity contribution >= 4 is 11.6 Å². The summed E-state index contributed by atoms with van der Waals surface area (Å²) in [7, 11) is 0. The molecule has 4 nitrogen and oxygen atoms in total. The van der Waals surface area contributed by atoms with Crippen molar-refractivity contribution in [3.63, 3.8) is 0 Å². The van der Waals surface area contributed by atoms with Gasteiger partial charge in [0.15, 0.2) is 11.6 Å². The van der Waals surface area contributed by atoms with Crippen molar-refractivity contribution in [3.05, 3.63) is 11.6 Å². The Kier molecular flexibility index (Phi) is 3.78. The molecule has 4 heteroatoms. The standard InChI is InChI=1S/C17H24O4/c1-16(2)20-11-15(21-16)10-17-7-6-13(18)8-12(17)4-3-5-14(19)9-17/h8,15H,3-7,9-11H2,1-2H3/t15-,17-/m0/s1. The Bertz CT molecular complexity index is 491. The van der Waals surface area contributed by atoms with E-state index in [2.05, 4.69) is 0 Å². The Labute approximate surface area is 125 Å². The molecule has 0 bridgehead atoms. The van der Waals surface area contributed by atoms with Crippen molar-refractivity contribution in [3.8, 4) is 0 Å². The Balaban J connectivity index is 1.85. The summed E-state index contributed by atoms with van der Waals surface area (Å²) in [6.07, 6.45) is 6.89. The van der Waals surface area contributed by atoms with Crippen molar-refractivity contribution < 1.29 is 19.1 Å². The second-order valence-corrected chi connectivity index (χ2v) is 7.14. The van der Waals surface area contributed by atoms with Crippen LogP contribution in [0.2, 0.25) is 0 Å². The topological polar surface area (TPSA) is 52.6 Å². The van der Waals surface area contributed by atoms with E-state index in [0.717, 1.165) is 25.7 Å². The zero-order valence-electron chi connectivity index (χ0n) is 12.9. The molecule has 116 valence electrons. The Morgan fingerprint density at radius 2 is 2.05 bits per heavy atom. The van der Waals surface area contributed by atoms with E-state index in [1.807, 2.05) is 19.9 Å². The molecule has 1 saturated carbocycles. The smallest absolute Gasteiger partial charge is 0.163 e. The number of Topliss-reactive ketones (excluding diaryl/α,β-unsaturated/α-hetero) is 1. The molecular weight excluding hydrogens is 268 g/mol. The maximum absolute atomic E-state index is 12.1. The molecule has 3 rings (SSSR count). The Hall–Kier alpha value is -1.00. The van der Waals surface area contributed by atoms with E-state index in [-0.39, 0.29) is 17.3 Å². The molecule has 1 aliphatic heterocycles. The van der Waals surface area contributed by atoms with E-state index in [0.29, 0.717) is 31.7 Å². The zero-order chi connectivity index (χ0) is 15.1. The third-order valence-corrected chi connectivity index (χ3v) is 4.99. The van der Waals surface area contributed by atoms with Crippen LogP contribution < -0.4 is 0 Å². The summed E-state index contributed by atoms with van der Waals surface area (Å²) in [5.74, 6) is -0.00505. The molecule has 0 radical (unpaired) electrons. The molecule has 0 aromatic carbocycles. The molecule has 0 unspecified atom stereocenters. The number of ketones is 2. The summed E-state index contributed by atoms with van der Waals surface area (Å²) >= 11 is 0. The summed E-state index contributed by atoms with van der Waals surface area (Å²) in [5.41, 5.74) is 1.01. The van der Waals surface area contributed by atoms with Gasteiger partial charge in [0.05, 0.1) is 12.7 Å². The van der Waals surface area contributed by atoms with Crippen LogP contribution in [0.3, 0.4) is 0 Å². The van der Waals surface area contributed by atoms with Gasteiger partial charge in [-0.3, -0.25) is 9.59 Å². The summed E-state index contributed by atoms with van der Waals surface area (Å²) in [4.78, 5) is 23.9. The van der Waals surface area contributed by atoms with Crippen molar-refractivity contribution in [1.82, 2.24) is 0 Å². The van der Waals surface area contributed by atoms with Crippen molar-refractivity contribution in [1.29, 1.82) is 0 Å². The van der Waals surface area contributed by atoms with Crippen LogP contribution in [-0.2, 0) is 19.1 Å². The van der Waals surface area contributed by atoms with Crippen molar-refractivity contribution in [2.75, 3.05) is 6.61 Å². The van der Waals surface area contributed by atoms with E-state index in [4.69, 9.17) is 9.47 Å². The zero-order valence-corrected chi connectivity index (χ0v) is 12.9. The lowest BCUT2D eigenvalue weighted by atomic mass is 9.66. The first-order valence-corrected chi connectivity index (χ1v) is 7.96. The number of rotatable bonds is 2. The maximum atomic E-state index is 12.1. The van der Waals surface area contributed by atoms with E-state index in [1.165, 1.54) is 5.57 Å². The van der Waals surface area contributed by atoms with Crippen LogP contribution in [0.25, 0.3) is 0 Å². The minimum absolute atomic E-state index is 0.0162. The van der Waals surface area contributed by atoms with E-state index < -0.39 is 5.79 Å². The first kappa shape index (κ1) is 14.9. The molecule has 0 aromatic rings. The van der Waals surface area contributed by atoms with Gasteiger partial charge >= 0.3 is 0 Å². The van der Waals surface area contributed by atoms with Gasteiger partial charge in [0.1, 0.15) is 5.78 Å². The van der Waals surface area contributed by atoms with Gasteiger partial charge in [-0.2, -0.15) is 0 Å². The third-order valence-electron chi connectivity index (χ3n) is 4.99. The quantitative estimate of drug-likeness (QED) is 0.785. The van der Waals surface area contributed by atoms with Crippen LogP contribution in [-0.4, -0.2) is 30.1 Å². The highest BCUT2D eigenvalue weighted by atomic mass is 16.7. The first-order chi connectivity index (χ1) is 9.89. The molecule has 0 N–H and O–H groups in total. The number of hydrogen-bond acceptors (Lipinski definition) is 4. The lowest BCUT2D eigenvalue weighted by Gasteiger charge is -2.38.